The van der Waals surface area contributed by atoms with Gasteiger partial charge in [0.05, 0.1) is 19.3 Å². The van der Waals surface area contributed by atoms with Gasteiger partial charge in [-0.05, 0) is 25.1 Å². The van der Waals surface area contributed by atoms with Crippen molar-refractivity contribution in [2.75, 3.05) is 20.3 Å². The van der Waals surface area contributed by atoms with Crippen LogP contribution in [0.4, 0.5) is 0 Å². The predicted octanol–water partition coefficient (Wildman–Crippen LogP) is 1.02. The van der Waals surface area contributed by atoms with Crippen molar-refractivity contribution in [2.45, 2.75) is 6.92 Å². The summed E-state index contributed by atoms with van der Waals surface area (Å²) in [5.74, 6) is -2.66. The molecular weight excluding hydrogens is 264 g/mol. The van der Waals surface area contributed by atoms with Gasteiger partial charge in [-0.1, -0.05) is 0 Å². The molecule has 1 heterocycles. The average Bonchev–Trinajstić information content (AvgIpc) is 2.47. The number of methoxy groups -OCH3 is 1. The summed E-state index contributed by atoms with van der Waals surface area (Å²) in [4.78, 5) is 35.5. The van der Waals surface area contributed by atoms with Crippen LogP contribution in [0, 0.1) is 5.92 Å². The van der Waals surface area contributed by atoms with Crippen LogP contribution in [-0.2, 0) is 14.3 Å². The maximum Gasteiger partial charge on any atom is 0.375 e. The normalized spacial score (nSPS) is 16.9. The first-order valence-electron chi connectivity index (χ1n) is 6.14. The third-order valence-corrected chi connectivity index (χ3v) is 2.97. The Bertz CT molecular complexity index is 563. The molecule has 6 heteroatoms. The van der Waals surface area contributed by atoms with Crippen molar-refractivity contribution in [1.82, 2.24) is 0 Å². The summed E-state index contributed by atoms with van der Waals surface area (Å²) in [6.07, 6.45) is 0. The zero-order valence-electron chi connectivity index (χ0n) is 11.2. The minimum atomic E-state index is -1.16. The van der Waals surface area contributed by atoms with Crippen molar-refractivity contribution in [3.63, 3.8) is 0 Å². The van der Waals surface area contributed by atoms with Gasteiger partial charge >= 0.3 is 5.97 Å². The molecule has 20 heavy (non-hydrogen) atoms. The summed E-state index contributed by atoms with van der Waals surface area (Å²) in [7, 11) is 1.47. The smallest absolute Gasteiger partial charge is 0.375 e. The van der Waals surface area contributed by atoms with Gasteiger partial charge in [-0.3, -0.25) is 9.59 Å². The van der Waals surface area contributed by atoms with Crippen molar-refractivity contribution in [3.8, 4) is 11.5 Å². The first kappa shape index (κ1) is 14.0. The summed E-state index contributed by atoms with van der Waals surface area (Å²) in [5, 5.41) is 0. The second-order valence-corrected chi connectivity index (χ2v) is 4.17. The molecule has 0 saturated heterocycles. The Balaban J connectivity index is 2.26. The number of esters is 1. The molecule has 1 aliphatic rings. The van der Waals surface area contributed by atoms with E-state index in [1.807, 2.05) is 0 Å². The molecular formula is C14H14O6. The highest BCUT2D eigenvalue weighted by Crippen LogP contribution is 2.31. The molecule has 0 amide bonds. The molecule has 0 saturated carbocycles. The van der Waals surface area contributed by atoms with Gasteiger partial charge in [0.2, 0.25) is 0 Å². The Morgan fingerprint density at radius 3 is 2.80 bits per heavy atom. The summed E-state index contributed by atoms with van der Waals surface area (Å²) < 4.78 is 15.0. The largest absolute Gasteiger partial charge is 0.497 e. The van der Waals surface area contributed by atoms with Gasteiger partial charge < -0.3 is 14.2 Å². The molecule has 106 valence electrons. The summed E-state index contributed by atoms with van der Waals surface area (Å²) in [5.41, 5.74) is 0.234. The Morgan fingerprint density at radius 1 is 1.40 bits per heavy atom. The lowest BCUT2D eigenvalue weighted by Crippen LogP contribution is -2.38. The van der Waals surface area contributed by atoms with Crippen LogP contribution in [0.1, 0.15) is 17.3 Å². The highest BCUT2D eigenvalue weighted by atomic mass is 16.5. The third kappa shape index (κ3) is 2.49. The van der Waals surface area contributed by atoms with Crippen LogP contribution in [-0.4, -0.2) is 37.9 Å². The number of ether oxygens (including phenoxy) is 3. The van der Waals surface area contributed by atoms with Crippen LogP contribution in [0.2, 0.25) is 0 Å². The quantitative estimate of drug-likeness (QED) is 0.465. The van der Waals surface area contributed by atoms with E-state index in [2.05, 4.69) is 4.74 Å². The predicted molar refractivity (Wildman–Crippen MR) is 67.9 cm³/mol. The number of ketones is 2. The van der Waals surface area contributed by atoms with Gasteiger partial charge in [0.15, 0.2) is 5.78 Å². The molecule has 0 bridgehead atoms. The highest BCUT2D eigenvalue weighted by molar-refractivity contribution is 6.39. The van der Waals surface area contributed by atoms with Gasteiger partial charge in [-0.2, -0.15) is 0 Å². The number of carbonyl (C=O) groups is 3. The average molecular weight is 278 g/mol. The molecule has 2 rings (SSSR count). The molecule has 0 aliphatic carbocycles. The van der Waals surface area contributed by atoms with Crippen molar-refractivity contribution in [1.29, 1.82) is 0 Å². The molecule has 0 spiro atoms. The van der Waals surface area contributed by atoms with Crippen molar-refractivity contribution >= 4 is 17.5 Å². The first-order valence-corrected chi connectivity index (χ1v) is 6.14. The third-order valence-electron chi connectivity index (χ3n) is 2.97. The van der Waals surface area contributed by atoms with Crippen LogP contribution in [0.3, 0.4) is 0 Å². The molecule has 0 N–H and O–H groups in total. The second kappa shape index (κ2) is 5.73. The van der Waals surface area contributed by atoms with E-state index in [-0.39, 0.29) is 18.8 Å². The molecule has 1 atom stereocenters. The van der Waals surface area contributed by atoms with Crippen LogP contribution < -0.4 is 9.47 Å². The van der Waals surface area contributed by atoms with Gasteiger partial charge in [0.1, 0.15) is 24.0 Å². The van der Waals surface area contributed by atoms with E-state index >= 15 is 0 Å². The molecule has 1 aromatic rings. The first-order chi connectivity index (χ1) is 9.58. The van der Waals surface area contributed by atoms with E-state index in [1.165, 1.54) is 13.2 Å². The summed E-state index contributed by atoms with van der Waals surface area (Å²) in [6.45, 7) is 1.51. The molecule has 6 nitrogen and oxygen atoms in total. The maximum absolute atomic E-state index is 12.3. The fraction of sp³-hybridized carbons (Fsp3) is 0.357. The molecule has 0 fully saturated rings. The standard InChI is InChI=1S/C14H14O6/c1-3-19-14(17)13(16)10-7-20-11-5-4-8(18-2)6-9(11)12(10)15/h4-6,10H,3,7H2,1-2H3. The number of hydrogen-bond donors (Lipinski definition) is 0. The number of fused-ring (bicyclic) bond motifs is 1. The Labute approximate surface area is 115 Å². The molecule has 1 aromatic carbocycles. The van der Waals surface area contributed by atoms with E-state index in [1.54, 1.807) is 19.1 Å². The lowest BCUT2D eigenvalue weighted by Gasteiger charge is -2.22. The van der Waals surface area contributed by atoms with Gasteiger partial charge in [0, 0.05) is 0 Å². The van der Waals surface area contributed by atoms with E-state index in [0.29, 0.717) is 11.5 Å². The zero-order valence-corrected chi connectivity index (χ0v) is 11.2. The second-order valence-electron chi connectivity index (χ2n) is 4.17. The van der Waals surface area contributed by atoms with Crippen molar-refractivity contribution in [3.05, 3.63) is 23.8 Å². The molecule has 0 aromatic heterocycles. The van der Waals surface area contributed by atoms with Crippen LogP contribution in [0.25, 0.3) is 0 Å². The lowest BCUT2D eigenvalue weighted by molar-refractivity contribution is -0.155. The van der Waals surface area contributed by atoms with Crippen LogP contribution in [0.15, 0.2) is 18.2 Å². The molecule has 1 unspecified atom stereocenters. The number of rotatable bonds is 4. The summed E-state index contributed by atoms with van der Waals surface area (Å²) >= 11 is 0. The number of Topliss-reactive ketones (excluding diaryl/α,β-unsaturated/α-hetero) is 2. The van der Waals surface area contributed by atoms with Gasteiger partial charge in [0.25, 0.3) is 5.78 Å². The van der Waals surface area contributed by atoms with Gasteiger partial charge in [-0.25, -0.2) is 4.79 Å². The number of hydrogen-bond acceptors (Lipinski definition) is 6. The molecule has 1 aliphatic heterocycles. The fourth-order valence-corrected chi connectivity index (χ4v) is 1.93. The Morgan fingerprint density at radius 2 is 2.15 bits per heavy atom. The van der Waals surface area contributed by atoms with Crippen LogP contribution in [0.5, 0.6) is 11.5 Å². The minimum Gasteiger partial charge on any atom is -0.497 e. The number of carbonyl (C=O) groups excluding carboxylic acids is 3. The zero-order chi connectivity index (χ0) is 14.7. The Kier molecular flexibility index (Phi) is 4.02. The highest BCUT2D eigenvalue weighted by Gasteiger charge is 2.38. The number of benzene rings is 1. The molecule has 0 radical (unpaired) electrons. The SMILES string of the molecule is CCOC(=O)C(=O)C1COc2ccc(OC)cc2C1=O. The summed E-state index contributed by atoms with van der Waals surface area (Å²) in [6, 6.07) is 4.74. The minimum absolute atomic E-state index is 0.0801. The van der Waals surface area contributed by atoms with E-state index in [4.69, 9.17) is 9.47 Å². The van der Waals surface area contributed by atoms with E-state index in [9.17, 15) is 14.4 Å². The topological polar surface area (TPSA) is 78.9 Å². The van der Waals surface area contributed by atoms with Crippen LogP contribution >= 0.6 is 0 Å². The van der Waals surface area contributed by atoms with E-state index < -0.39 is 23.5 Å². The Hall–Kier alpha value is -2.37. The fourth-order valence-electron chi connectivity index (χ4n) is 1.93. The van der Waals surface area contributed by atoms with Crippen molar-refractivity contribution in [2.24, 2.45) is 5.92 Å². The van der Waals surface area contributed by atoms with Gasteiger partial charge in [-0.15, -0.1) is 0 Å². The monoisotopic (exact) mass is 278 g/mol. The maximum atomic E-state index is 12.3. The van der Waals surface area contributed by atoms with Crippen molar-refractivity contribution < 1.29 is 28.6 Å². The lowest BCUT2D eigenvalue weighted by atomic mass is 9.91. The van der Waals surface area contributed by atoms with E-state index in [0.717, 1.165) is 0 Å².